The highest BCUT2D eigenvalue weighted by Crippen LogP contribution is 2.25. The van der Waals surface area contributed by atoms with Crippen LogP contribution in [0.15, 0.2) is 41.6 Å². The maximum absolute atomic E-state index is 11.9. The predicted molar refractivity (Wildman–Crippen MR) is 81.1 cm³/mol. The number of nitrogens with zero attached hydrogens (tertiary/aromatic N) is 2. The topological polar surface area (TPSA) is 86.0 Å². The van der Waals surface area contributed by atoms with Crippen LogP contribution >= 0.6 is 11.8 Å². The number of benzene rings is 1. The lowest BCUT2D eigenvalue weighted by atomic mass is 10.2. The van der Waals surface area contributed by atoms with Crippen LogP contribution in [0.4, 0.5) is 5.69 Å². The normalized spacial score (nSPS) is 9.90. The number of thioether (sulfide) groups is 1. The van der Waals surface area contributed by atoms with E-state index in [2.05, 4.69) is 10.3 Å². The zero-order chi connectivity index (χ0) is 15.2. The molecule has 0 aliphatic rings. The first-order chi connectivity index (χ1) is 10.1. The first-order valence-electron chi connectivity index (χ1n) is 6.17. The maximum atomic E-state index is 11.9. The van der Waals surface area contributed by atoms with Gasteiger partial charge in [0.25, 0.3) is 0 Å². The van der Waals surface area contributed by atoms with Crippen LogP contribution in [-0.4, -0.2) is 21.8 Å². The van der Waals surface area contributed by atoms with Gasteiger partial charge in [0.2, 0.25) is 5.91 Å². The molecule has 106 valence electrons. The van der Waals surface area contributed by atoms with Crippen LogP contribution in [0, 0.1) is 18.3 Å². The average molecular weight is 299 g/mol. The quantitative estimate of drug-likeness (QED) is 0.669. The average Bonchev–Trinajstić information content (AvgIpc) is 2.49. The number of nitrogens with one attached hydrogen (secondary N) is 1. The summed E-state index contributed by atoms with van der Waals surface area (Å²) in [7, 11) is 0. The molecule has 0 aliphatic carbocycles. The van der Waals surface area contributed by atoms with Crippen molar-refractivity contribution in [1.82, 2.24) is 4.98 Å². The van der Waals surface area contributed by atoms with E-state index in [0.29, 0.717) is 16.3 Å². The second kappa shape index (κ2) is 6.77. The van der Waals surface area contributed by atoms with Crippen LogP contribution in [-0.2, 0) is 4.79 Å². The van der Waals surface area contributed by atoms with Crippen molar-refractivity contribution in [2.75, 3.05) is 11.1 Å². The van der Waals surface area contributed by atoms with Crippen molar-refractivity contribution in [2.45, 2.75) is 11.9 Å². The minimum absolute atomic E-state index is 0.0227. The third-order valence-electron chi connectivity index (χ3n) is 2.66. The minimum atomic E-state index is -0.268. The molecule has 6 heteroatoms. The Morgan fingerprint density at radius 2 is 2.29 bits per heavy atom. The molecule has 0 atom stereocenters. The van der Waals surface area contributed by atoms with Crippen molar-refractivity contribution < 1.29 is 9.90 Å². The first-order valence-corrected chi connectivity index (χ1v) is 7.16. The lowest BCUT2D eigenvalue weighted by molar-refractivity contribution is -0.113. The fraction of sp³-hybridized carbons (Fsp3) is 0.133. The largest absolute Gasteiger partial charge is 0.506 e. The number of phenolic OH excluding ortho intramolecular Hbond substituents is 1. The predicted octanol–water partition coefficient (Wildman–Crippen LogP) is 2.70. The summed E-state index contributed by atoms with van der Waals surface area (Å²) in [6, 6.07) is 10.3. The van der Waals surface area contributed by atoms with Gasteiger partial charge < -0.3 is 10.4 Å². The van der Waals surface area contributed by atoms with Gasteiger partial charge in [0.05, 0.1) is 17.0 Å². The van der Waals surface area contributed by atoms with Gasteiger partial charge in [0, 0.05) is 6.20 Å². The number of hydrogen-bond donors (Lipinski definition) is 2. The fourth-order valence-corrected chi connectivity index (χ4v) is 2.41. The molecule has 1 amide bonds. The van der Waals surface area contributed by atoms with Crippen molar-refractivity contribution in [2.24, 2.45) is 0 Å². The number of carbonyl (C=O) groups is 1. The molecule has 0 saturated carbocycles. The van der Waals surface area contributed by atoms with Gasteiger partial charge in [-0.15, -0.1) is 0 Å². The van der Waals surface area contributed by atoms with E-state index in [4.69, 9.17) is 5.26 Å². The number of aryl methyl sites for hydroxylation is 1. The Bertz CT molecular complexity index is 710. The number of hydrogen-bond acceptors (Lipinski definition) is 5. The number of nitriles is 1. The molecule has 1 heterocycles. The Morgan fingerprint density at radius 1 is 1.48 bits per heavy atom. The van der Waals surface area contributed by atoms with E-state index in [1.807, 2.05) is 13.0 Å². The lowest BCUT2D eigenvalue weighted by Gasteiger charge is -2.08. The molecule has 1 aromatic carbocycles. The molecule has 0 fully saturated rings. The summed E-state index contributed by atoms with van der Waals surface area (Å²) in [5, 5.41) is 21.8. The highest BCUT2D eigenvalue weighted by Gasteiger charge is 2.10. The van der Waals surface area contributed by atoms with E-state index >= 15 is 0 Å². The van der Waals surface area contributed by atoms with E-state index in [1.165, 1.54) is 17.8 Å². The SMILES string of the molecule is Cc1ccc(O)c(NC(=O)CSc2ncccc2C#N)c1. The van der Waals surface area contributed by atoms with Gasteiger partial charge in [-0.25, -0.2) is 4.98 Å². The molecule has 0 spiro atoms. The molecule has 0 bridgehead atoms. The zero-order valence-electron chi connectivity index (χ0n) is 11.3. The summed E-state index contributed by atoms with van der Waals surface area (Å²) in [5.74, 6) is -0.135. The Morgan fingerprint density at radius 3 is 3.05 bits per heavy atom. The molecule has 0 aliphatic heterocycles. The van der Waals surface area contributed by atoms with Crippen LogP contribution in [0.5, 0.6) is 5.75 Å². The minimum Gasteiger partial charge on any atom is -0.506 e. The van der Waals surface area contributed by atoms with E-state index in [0.717, 1.165) is 5.56 Å². The molecule has 5 nitrogen and oxygen atoms in total. The molecule has 0 unspecified atom stereocenters. The molecular formula is C15H13N3O2S. The number of phenols is 1. The van der Waals surface area contributed by atoms with Crippen molar-refractivity contribution in [3.63, 3.8) is 0 Å². The van der Waals surface area contributed by atoms with Crippen molar-refractivity contribution in [3.8, 4) is 11.8 Å². The molecule has 2 rings (SSSR count). The molecule has 1 aromatic heterocycles. The van der Waals surface area contributed by atoms with Crippen LogP contribution in [0.2, 0.25) is 0 Å². The van der Waals surface area contributed by atoms with Crippen LogP contribution in [0.25, 0.3) is 0 Å². The van der Waals surface area contributed by atoms with E-state index in [9.17, 15) is 9.90 Å². The van der Waals surface area contributed by atoms with Gasteiger partial charge in [0.1, 0.15) is 16.8 Å². The summed E-state index contributed by atoms with van der Waals surface area (Å²) in [6.07, 6.45) is 1.58. The maximum Gasteiger partial charge on any atom is 0.234 e. The fourth-order valence-electron chi connectivity index (χ4n) is 1.66. The monoisotopic (exact) mass is 299 g/mol. The lowest BCUT2D eigenvalue weighted by Crippen LogP contribution is -2.14. The van der Waals surface area contributed by atoms with Gasteiger partial charge in [-0.3, -0.25) is 4.79 Å². The van der Waals surface area contributed by atoms with Crippen LogP contribution in [0.1, 0.15) is 11.1 Å². The zero-order valence-corrected chi connectivity index (χ0v) is 12.1. The summed E-state index contributed by atoms with van der Waals surface area (Å²) in [4.78, 5) is 16.0. The van der Waals surface area contributed by atoms with Gasteiger partial charge in [-0.2, -0.15) is 5.26 Å². The number of carbonyl (C=O) groups excluding carboxylic acids is 1. The standard InChI is InChI=1S/C15H13N3O2S/c1-10-4-5-13(19)12(7-10)18-14(20)9-21-15-11(8-16)3-2-6-17-15/h2-7,19H,9H2,1H3,(H,18,20). The third-order valence-corrected chi connectivity index (χ3v) is 3.66. The molecule has 0 saturated heterocycles. The number of aromatic nitrogens is 1. The summed E-state index contributed by atoms with van der Waals surface area (Å²) in [5.41, 5.74) is 1.75. The molecule has 2 N–H and O–H groups in total. The number of rotatable bonds is 4. The second-order valence-corrected chi connectivity index (χ2v) is 5.29. The number of aromatic hydroxyl groups is 1. The Balaban J connectivity index is 2.00. The highest BCUT2D eigenvalue weighted by molar-refractivity contribution is 8.00. The molecule has 2 aromatic rings. The van der Waals surface area contributed by atoms with E-state index < -0.39 is 0 Å². The van der Waals surface area contributed by atoms with E-state index in [-0.39, 0.29) is 17.4 Å². The summed E-state index contributed by atoms with van der Waals surface area (Å²) in [6.45, 7) is 1.87. The van der Waals surface area contributed by atoms with E-state index in [1.54, 1.807) is 30.5 Å². The Labute approximate surface area is 126 Å². The van der Waals surface area contributed by atoms with Crippen molar-refractivity contribution in [1.29, 1.82) is 5.26 Å². The van der Waals surface area contributed by atoms with Gasteiger partial charge in [-0.05, 0) is 36.8 Å². The van der Waals surface area contributed by atoms with Gasteiger partial charge in [0.15, 0.2) is 0 Å². The summed E-state index contributed by atoms with van der Waals surface area (Å²) < 4.78 is 0. The number of pyridine rings is 1. The van der Waals surface area contributed by atoms with Gasteiger partial charge in [-0.1, -0.05) is 17.8 Å². The number of amides is 1. The first kappa shape index (κ1) is 14.9. The van der Waals surface area contributed by atoms with Crippen LogP contribution < -0.4 is 5.32 Å². The number of anilines is 1. The Kier molecular flexibility index (Phi) is 4.80. The van der Waals surface area contributed by atoms with Crippen molar-refractivity contribution in [3.05, 3.63) is 47.7 Å². The molecular weight excluding hydrogens is 286 g/mol. The molecule has 21 heavy (non-hydrogen) atoms. The summed E-state index contributed by atoms with van der Waals surface area (Å²) >= 11 is 1.18. The highest BCUT2D eigenvalue weighted by atomic mass is 32.2. The second-order valence-electron chi connectivity index (χ2n) is 4.33. The third kappa shape index (κ3) is 3.97. The smallest absolute Gasteiger partial charge is 0.234 e. The van der Waals surface area contributed by atoms with Crippen LogP contribution in [0.3, 0.4) is 0 Å². The van der Waals surface area contributed by atoms with Crippen molar-refractivity contribution >= 4 is 23.4 Å². The van der Waals surface area contributed by atoms with Gasteiger partial charge >= 0.3 is 0 Å². The molecule has 0 radical (unpaired) electrons. The Hall–Kier alpha value is -2.52.